The van der Waals surface area contributed by atoms with Gasteiger partial charge in [-0.25, -0.2) is 0 Å². The van der Waals surface area contributed by atoms with E-state index in [1.165, 1.54) is 0 Å². The van der Waals surface area contributed by atoms with Gasteiger partial charge in [-0.2, -0.15) is 0 Å². The summed E-state index contributed by atoms with van der Waals surface area (Å²) in [5.74, 6) is 0.488. The molecule has 1 aliphatic heterocycles. The Bertz CT molecular complexity index is 87.6. The molecule has 0 spiro atoms. The average Bonchev–Trinajstić information content (AvgIpc) is 2.12. The van der Waals surface area contributed by atoms with Crippen LogP contribution >= 0.6 is 0 Å². The van der Waals surface area contributed by atoms with Crippen LogP contribution in [0, 0.1) is 5.92 Å². The molecule has 0 saturated carbocycles. The first-order chi connectivity index (χ1) is 4.80. The van der Waals surface area contributed by atoms with Gasteiger partial charge in [0.05, 0.1) is 13.2 Å². The molecule has 3 N–H and O–H groups in total. The minimum absolute atomic E-state index is 0.241. The van der Waals surface area contributed by atoms with E-state index in [0.717, 1.165) is 26.3 Å². The number of nitrogens with one attached hydrogen (secondary N) is 1. The lowest BCUT2D eigenvalue weighted by Gasteiger charge is -2.16. The lowest BCUT2D eigenvalue weighted by Crippen LogP contribution is -2.35. The largest absolute Gasteiger partial charge is 0.380 e. The quantitative estimate of drug-likeness (QED) is 0.525. The molecule has 0 aromatic rings. The third-order valence-electron chi connectivity index (χ3n) is 1.91. The Balaban J connectivity index is 2.28. The van der Waals surface area contributed by atoms with Crippen molar-refractivity contribution in [2.24, 2.45) is 11.7 Å². The molecule has 1 aliphatic rings. The molecule has 0 aromatic carbocycles. The molecular formula is C7H16N2O. The average molecular weight is 144 g/mol. The van der Waals surface area contributed by atoms with E-state index in [4.69, 9.17) is 10.5 Å². The molecule has 1 heterocycles. The fourth-order valence-corrected chi connectivity index (χ4v) is 1.06. The third-order valence-corrected chi connectivity index (χ3v) is 1.91. The highest BCUT2D eigenvalue weighted by Gasteiger charge is 2.15. The Morgan fingerprint density at radius 1 is 1.70 bits per heavy atom. The molecule has 2 unspecified atom stereocenters. The molecule has 1 fully saturated rings. The Hall–Kier alpha value is -0.120. The van der Waals surface area contributed by atoms with Crippen molar-refractivity contribution in [1.82, 2.24) is 5.32 Å². The molecule has 3 heteroatoms. The smallest absolute Gasteiger partial charge is 0.0591 e. The van der Waals surface area contributed by atoms with Crippen LogP contribution in [-0.2, 0) is 4.74 Å². The normalized spacial score (nSPS) is 31.2. The van der Waals surface area contributed by atoms with Crippen molar-refractivity contribution < 1.29 is 4.74 Å². The Morgan fingerprint density at radius 3 is 3.20 bits per heavy atom. The highest BCUT2D eigenvalue weighted by atomic mass is 16.5. The van der Waals surface area contributed by atoms with Gasteiger partial charge in [0, 0.05) is 25.0 Å². The summed E-state index contributed by atoms with van der Waals surface area (Å²) in [5, 5.41) is 3.27. The first-order valence-corrected chi connectivity index (χ1v) is 3.84. The van der Waals surface area contributed by atoms with Crippen LogP contribution in [0.1, 0.15) is 6.92 Å². The standard InChI is InChI=1S/C7H16N2O/c1-6(8)7-4-9-2-3-10-5-7/h6-7,9H,2-5,8H2,1H3. The van der Waals surface area contributed by atoms with Gasteiger partial charge in [-0.05, 0) is 6.92 Å². The zero-order chi connectivity index (χ0) is 7.40. The Morgan fingerprint density at radius 2 is 2.50 bits per heavy atom. The molecule has 0 aliphatic carbocycles. The first kappa shape index (κ1) is 7.98. The van der Waals surface area contributed by atoms with Crippen molar-refractivity contribution in [3.63, 3.8) is 0 Å². The zero-order valence-electron chi connectivity index (χ0n) is 6.47. The van der Waals surface area contributed by atoms with Gasteiger partial charge in [0.2, 0.25) is 0 Å². The maximum Gasteiger partial charge on any atom is 0.0591 e. The van der Waals surface area contributed by atoms with Crippen molar-refractivity contribution in [3.05, 3.63) is 0 Å². The van der Waals surface area contributed by atoms with E-state index in [1.54, 1.807) is 0 Å². The van der Waals surface area contributed by atoms with Gasteiger partial charge in [0.15, 0.2) is 0 Å². The van der Waals surface area contributed by atoms with Crippen LogP contribution in [0.3, 0.4) is 0 Å². The van der Waals surface area contributed by atoms with E-state index in [1.807, 2.05) is 6.92 Å². The fourth-order valence-electron chi connectivity index (χ4n) is 1.06. The molecule has 1 rings (SSSR count). The molecule has 0 aromatic heterocycles. The summed E-state index contributed by atoms with van der Waals surface area (Å²) in [6.07, 6.45) is 0. The predicted octanol–water partition coefficient (Wildman–Crippen LogP) is -0.430. The van der Waals surface area contributed by atoms with E-state index in [2.05, 4.69) is 5.32 Å². The second-order valence-corrected chi connectivity index (χ2v) is 2.90. The maximum atomic E-state index is 5.72. The van der Waals surface area contributed by atoms with Gasteiger partial charge < -0.3 is 15.8 Å². The fraction of sp³-hybridized carbons (Fsp3) is 1.00. The van der Waals surface area contributed by atoms with Crippen molar-refractivity contribution in [2.75, 3.05) is 26.3 Å². The van der Waals surface area contributed by atoms with Gasteiger partial charge >= 0.3 is 0 Å². The molecule has 2 atom stereocenters. The van der Waals surface area contributed by atoms with E-state index in [0.29, 0.717) is 5.92 Å². The predicted molar refractivity (Wildman–Crippen MR) is 40.8 cm³/mol. The highest BCUT2D eigenvalue weighted by Crippen LogP contribution is 2.02. The van der Waals surface area contributed by atoms with Crippen LogP contribution in [0.2, 0.25) is 0 Å². The SMILES string of the molecule is CC(N)C1CNCCOC1. The number of ether oxygens (including phenoxy) is 1. The molecular weight excluding hydrogens is 128 g/mol. The third kappa shape index (κ3) is 2.25. The molecule has 0 radical (unpaired) electrons. The summed E-state index contributed by atoms with van der Waals surface area (Å²) in [6.45, 7) is 5.62. The molecule has 1 saturated heterocycles. The lowest BCUT2D eigenvalue weighted by atomic mass is 10.0. The topological polar surface area (TPSA) is 47.3 Å². The van der Waals surface area contributed by atoms with Crippen LogP contribution < -0.4 is 11.1 Å². The van der Waals surface area contributed by atoms with Crippen LogP contribution in [0.15, 0.2) is 0 Å². The van der Waals surface area contributed by atoms with E-state index in [-0.39, 0.29) is 6.04 Å². The van der Waals surface area contributed by atoms with Gasteiger partial charge in [-0.15, -0.1) is 0 Å². The van der Waals surface area contributed by atoms with Crippen molar-refractivity contribution in [1.29, 1.82) is 0 Å². The monoisotopic (exact) mass is 144 g/mol. The van der Waals surface area contributed by atoms with Crippen LogP contribution in [-0.4, -0.2) is 32.3 Å². The molecule has 10 heavy (non-hydrogen) atoms. The minimum atomic E-state index is 0.241. The van der Waals surface area contributed by atoms with Gasteiger partial charge in [0.25, 0.3) is 0 Å². The van der Waals surface area contributed by atoms with Crippen molar-refractivity contribution >= 4 is 0 Å². The number of nitrogens with two attached hydrogens (primary N) is 1. The Kier molecular flexibility index (Phi) is 3.12. The number of hydrogen-bond acceptors (Lipinski definition) is 3. The first-order valence-electron chi connectivity index (χ1n) is 3.84. The summed E-state index contributed by atoms with van der Waals surface area (Å²) in [4.78, 5) is 0. The summed E-state index contributed by atoms with van der Waals surface area (Å²) in [6, 6.07) is 0.241. The molecule has 0 amide bonds. The Labute approximate surface area is 61.9 Å². The summed E-state index contributed by atoms with van der Waals surface area (Å²) < 4.78 is 5.33. The number of rotatable bonds is 1. The molecule has 60 valence electrons. The molecule has 3 nitrogen and oxygen atoms in total. The summed E-state index contributed by atoms with van der Waals surface area (Å²) in [7, 11) is 0. The van der Waals surface area contributed by atoms with E-state index in [9.17, 15) is 0 Å². The second kappa shape index (κ2) is 3.91. The minimum Gasteiger partial charge on any atom is -0.380 e. The zero-order valence-corrected chi connectivity index (χ0v) is 6.47. The van der Waals surface area contributed by atoms with Gasteiger partial charge in [-0.1, -0.05) is 0 Å². The lowest BCUT2D eigenvalue weighted by molar-refractivity contribution is 0.117. The summed E-state index contributed by atoms with van der Waals surface area (Å²) in [5.41, 5.74) is 5.72. The number of hydrogen-bond donors (Lipinski definition) is 2. The van der Waals surface area contributed by atoms with E-state index >= 15 is 0 Å². The maximum absolute atomic E-state index is 5.72. The van der Waals surface area contributed by atoms with Crippen LogP contribution in [0.25, 0.3) is 0 Å². The second-order valence-electron chi connectivity index (χ2n) is 2.90. The van der Waals surface area contributed by atoms with Crippen molar-refractivity contribution in [3.8, 4) is 0 Å². The highest BCUT2D eigenvalue weighted by molar-refractivity contribution is 4.72. The van der Waals surface area contributed by atoms with Crippen LogP contribution in [0.5, 0.6) is 0 Å². The molecule has 0 bridgehead atoms. The van der Waals surface area contributed by atoms with Gasteiger partial charge in [-0.3, -0.25) is 0 Å². The van der Waals surface area contributed by atoms with E-state index < -0.39 is 0 Å². The van der Waals surface area contributed by atoms with Crippen LogP contribution in [0.4, 0.5) is 0 Å². The summed E-state index contributed by atoms with van der Waals surface area (Å²) >= 11 is 0. The van der Waals surface area contributed by atoms with Gasteiger partial charge in [0.1, 0.15) is 0 Å². The van der Waals surface area contributed by atoms with Crippen molar-refractivity contribution in [2.45, 2.75) is 13.0 Å².